The molecule has 1 atom stereocenters. The van der Waals surface area contributed by atoms with Gasteiger partial charge in [0.1, 0.15) is 11.9 Å². The second-order valence-electron chi connectivity index (χ2n) is 4.65. The summed E-state index contributed by atoms with van der Waals surface area (Å²) < 4.78 is 14.2. The minimum atomic E-state index is -0.352. The summed E-state index contributed by atoms with van der Waals surface area (Å²) in [6.07, 6.45) is 0. The molecule has 3 nitrogen and oxygen atoms in total. The smallest absolute Gasteiger partial charge is 0.147 e. The fourth-order valence-electron chi connectivity index (χ4n) is 2.23. The molecular weight excluding hydrogens is 253 g/mol. The summed E-state index contributed by atoms with van der Waals surface area (Å²) in [6, 6.07) is 13.8. The average molecular weight is 269 g/mol. The van der Waals surface area contributed by atoms with Crippen LogP contribution in [-0.4, -0.2) is 7.05 Å². The van der Waals surface area contributed by atoms with Gasteiger partial charge in [0.25, 0.3) is 0 Å². The van der Waals surface area contributed by atoms with Gasteiger partial charge in [-0.2, -0.15) is 5.26 Å². The zero-order valence-electron chi connectivity index (χ0n) is 11.5. The standard InChI is InChI=1S/C16H16FN3/c1-11(19)13-7-5-8-14(17)16(13)20(2)15-9-4-3-6-12(15)10-18/h3-9,11H,19H2,1-2H3/t11-/m0/s1. The molecule has 0 radical (unpaired) electrons. The lowest BCUT2D eigenvalue weighted by atomic mass is 10.0. The summed E-state index contributed by atoms with van der Waals surface area (Å²) >= 11 is 0. The third-order valence-corrected chi connectivity index (χ3v) is 3.23. The molecule has 2 aromatic rings. The molecule has 0 unspecified atom stereocenters. The predicted octanol–water partition coefficient (Wildman–Crippen LogP) is 3.48. The molecule has 0 saturated carbocycles. The van der Waals surface area contributed by atoms with Crippen molar-refractivity contribution in [1.82, 2.24) is 0 Å². The molecule has 0 bridgehead atoms. The van der Waals surface area contributed by atoms with Crippen LogP contribution in [0.15, 0.2) is 42.5 Å². The zero-order valence-corrected chi connectivity index (χ0v) is 11.5. The molecule has 4 heteroatoms. The van der Waals surface area contributed by atoms with Crippen LogP contribution in [-0.2, 0) is 0 Å². The molecule has 0 saturated heterocycles. The zero-order chi connectivity index (χ0) is 14.7. The largest absolute Gasteiger partial charge is 0.341 e. The van der Waals surface area contributed by atoms with Crippen molar-refractivity contribution in [1.29, 1.82) is 5.26 Å². The molecule has 0 aliphatic rings. The van der Waals surface area contributed by atoms with Crippen molar-refractivity contribution in [3.63, 3.8) is 0 Å². The summed E-state index contributed by atoms with van der Waals surface area (Å²) in [5.41, 5.74) is 8.18. The second kappa shape index (κ2) is 5.72. The van der Waals surface area contributed by atoms with Crippen molar-refractivity contribution in [2.75, 3.05) is 11.9 Å². The van der Waals surface area contributed by atoms with E-state index in [1.54, 1.807) is 42.3 Å². The molecule has 0 fully saturated rings. The molecule has 2 aromatic carbocycles. The van der Waals surface area contributed by atoms with Crippen LogP contribution in [0.2, 0.25) is 0 Å². The van der Waals surface area contributed by atoms with Gasteiger partial charge < -0.3 is 10.6 Å². The molecule has 0 heterocycles. The molecule has 0 aliphatic heterocycles. The first-order valence-electron chi connectivity index (χ1n) is 6.33. The fourth-order valence-corrected chi connectivity index (χ4v) is 2.23. The van der Waals surface area contributed by atoms with Crippen LogP contribution in [0.1, 0.15) is 24.1 Å². The first-order chi connectivity index (χ1) is 9.56. The Hall–Kier alpha value is -2.38. The molecule has 0 amide bonds. The average Bonchev–Trinajstić information content (AvgIpc) is 2.46. The quantitative estimate of drug-likeness (QED) is 0.928. The highest BCUT2D eigenvalue weighted by Gasteiger charge is 2.18. The lowest BCUT2D eigenvalue weighted by Crippen LogP contribution is -2.18. The maximum atomic E-state index is 14.2. The maximum absolute atomic E-state index is 14.2. The van der Waals surface area contributed by atoms with E-state index in [1.165, 1.54) is 6.07 Å². The Bertz CT molecular complexity index is 659. The number of benzene rings is 2. The number of nitrogens with zero attached hydrogens (tertiary/aromatic N) is 2. The van der Waals surface area contributed by atoms with Crippen molar-refractivity contribution in [2.45, 2.75) is 13.0 Å². The van der Waals surface area contributed by atoms with Gasteiger partial charge in [0, 0.05) is 13.1 Å². The van der Waals surface area contributed by atoms with Gasteiger partial charge in [-0.15, -0.1) is 0 Å². The molecule has 102 valence electrons. The van der Waals surface area contributed by atoms with Crippen LogP contribution in [0.3, 0.4) is 0 Å². The summed E-state index contributed by atoms with van der Waals surface area (Å²) in [5.74, 6) is -0.352. The highest BCUT2D eigenvalue weighted by Crippen LogP contribution is 2.33. The number of nitriles is 1. The molecule has 2 rings (SSSR count). The Balaban J connectivity index is 2.60. The highest BCUT2D eigenvalue weighted by molar-refractivity contribution is 5.71. The van der Waals surface area contributed by atoms with E-state index in [4.69, 9.17) is 11.0 Å². The normalized spacial score (nSPS) is 11.8. The Labute approximate surface area is 118 Å². The second-order valence-corrected chi connectivity index (χ2v) is 4.65. The predicted molar refractivity (Wildman–Crippen MR) is 78.2 cm³/mol. The molecule has 0 spiro atoms. The highest BCUT2D eigenvalue weighted by atomic mass is 19.1. The lowest BCUT2D eigenvalue weighted by molar-refractivity contribution is 0.622. The van der Waals surface area contributed by atoms with E-state index < -0.39 is 0 Å². The summed E-state index contributed by atoms with van der Waals surface area (Å²) in [6.45, 7) is 1.81. The van der Waals surface area contributed by atoms with Crippen LogP contribution >= 0.6 is 0 Å². The van der Waals surface area contributed by atoms with Crippen molar-refractivity contribution < 1.29 is 4.39 Å². The maximum Gasteiger partial charge on any atom is 0.147 e. The minimum absolute atomic E-state index is 0.294. The van der Waals surface area contributed by atoms with Crippen LogP contribution in [0.4, 0.5) is 15.8 Å². The number of rotatable bonds is 3. The van der Waals surface area contributed by atoms with E-state index in [1.807, 2.05) is 13.0 Å². The summed E-state index contributed by atoms with van der Waals surface area (Å²) in [5, 5.41) is 9.17. The Kier molecular flexibility index (Phi) is 4.02. The number of nitrogens with two attached hydrogens (primary N) is 1. The van der Waals surface area contributed by atoms with Gasteiger partial charge in [-0.05, 0) is 30.7 Å². The molecule has 0 aromatic heterocycles. The van der Waals surface area contributed by atoms with E-state index in [0.717, 1.165) is 0 Å². The van der Waals surface area contributed by atoms with Gasteiger partial charge in [0.2, 0.25) is 0 Å². The fraction of sp³-hybridized carbons (Fsp3) is 0.188. The topological polar surface area (TPSA) is 53.0 Å². The number of anilines is 2. The lowest BCUT2D eigenvalue weighted by Gasteiger charge is -2.25. The summed E-state index contributed by atoms with van der Waals surface area (Å²) in [7, 11) is 1.74. The number of hydrogen-bond donors (Lipinski definition) is 1. The van der Waals surface area contributed by atoms with E-state index in [2.05, 4.69) is 6.07 Å². The van der Waals surface area contributed by atoms with Crippen molar-refractivity contribution in [3.05, 3.63) is 59.4 Å². The van der Waals surface area contributed by atoms with Crippen LogP contribution in [0.5, 0.6) is 0 Å². The minimum Gasteiger partial charge on any atom is -0.341 e. The van der Waals surface area contributed by atoms with Gasteiger partial charge in [0.05, 0.1) is 16.9 Å². The molecule has 2 N–H and O–H groups in total. The van der Waals surface area contributed by atoms with Gasteiger partial charge in [-0.25, -0.2) is 4.39 Å². The van der Waals surface area contributed by atoms with Crippen molar-refractivity contribution >= 4 is 11.4 Å². The van der Waals surface area contributed by atoms with Crippen molar-refractivity contribution in [3.8, 4) is 6.07 Å². The number of hydrogen-bond acceptors (Lipinski definition) is 3. The van der Waals surface area contributed by atoms with Gasteiger partial charge in [0.15, 0.2) is 0 Å². The first-order valence-corrected chi connectivity index (χ1v) is 6.33. The number of halogens is 1. The van der Waals surface area contributed by atoms with Crippen LogP contribution in [0.25, 0.3) is 0 Å². The SMILES string of the molecule is C[C@H](N)c1cccc(F)c1N(C)c1ccccc1C#N. The van der Waals surface area contributed by atoms with Crippen LogP contribution in [0, 0.1) is 17.1 Å². The monoisotopic (exact) mass is 269 g/mol. The van der Waals surface area contributed by atoms with E-state index >= 15 is 0 Å². The van der Waals surface area contributed by atoms with E-state index in [0.29, 0.717) is 22.5 Å². The Morgan fingerprint density at radius 2 is 1.90 bits per heavy atom. The molecule has 20 heavy (non-hydrogen) atoms. The van der Waals surface area contributed by atoms with Crippen molar-refractivity contribution in [2.24, 2.45) is 5.73 Å². The van der Waals surface area contributed by atoms with Gasteiger partial charge in [-0.3, -0.25) is 0 Å². The number of para-hydroxylation sites is 2. The molecular formula is C16H16FN3. The van der Waals surface area contributed by atoms with Crippen LogP contribution < -0.4 is 10.6 Å². The van der Waals surface area contributed by atoms with Gasteiger partial charge in [-0.1, -0.05) is 24.3 Å². The third-order valence-electron chi connectivity index (χ3n) is 3.23. The third kappa shape index (κ3) is 2.49. The summed E-state index contributed by atoms with van der Waals surface area (Å²) in [4.78, 5) is 1.67. The van der Waals surface area contributed by atoms with E-state index in [9.17, 15) is 4.39 Å². The molecule has 0 aliphatic carbocycles. The van der Waals surface area contributed by atoms with E-state index in [-0.39, 0.29) is 11.9 Å². The Morgan fingerprint density at radius 3 is 2.55 bits per heavy atom. The first kappa shape index (κ1) is 14.0. The van der Waals surface area contributed by atoms with Gasteiger partial charge >= 0.3 is 0 Å². The Morgan fingerprint density at radius 1 is 1.20 bits per heavy atom.